The van der Waals surface area contributed by atoms with Gasteiger partial charge in [0.15, 0.2) is 0 Å². The number of aromatic nitrogens is 3. The Kier molecular flexibility index (Phi) is 6.31. The van der Waals surface area contributed by atoms with Crippen molar-refractivity contribution in [3.63, 3.8) is 0 Å². The van der Waals surface area contributed by atoms with Gasteiger partial charge in [0, 0.05) is 17.5 Å². The number of carboxylic acids is 1. The molecular weight excluding hydrogens is 374 g/mol. The summed E-state index contributed by atoms with van der Waals surface area (Å²) in [5.41, 5.74) is 2.45. The summed E-state index contributed by atoms with van der Waals surface area (Å²) >= 11 is 0. The highest BCUT2D eigenvalue weighted by Gasteiger charge is 2.22. The van der Waals surface area contributed by atoms with Gasteiger partial charge in [-0.15, -0.1) is 0 Å². The summed E-state index contributed by atoms with van der Waals surface area (Å²) in [4.78, 5) is 36.0. The van der Waals surface area contributed by atoms with Crippen LogP contribution in [0.1, 0.15) is 15.9 Å². The van der Waals surface area contributed by atoms with Gasteiger partial charge in [0.2, 0.25) is 5.91 Å². The molecule has 0 aliphatic rings. The van der Waals surface area contributed by atoms with Crippen LogP contribution in [0.15, 0.2) is 60.8 Å². The molecule has 1 aromatic heterocycles. The van der Waals surface area contributed by atoms with Crippen LogP contribution in [-0.2, 0) is 16.0 Å². The lowest BCUT2D eigenvalue weighted by atomic mass is 10.0. The number of nitrogens with zero attached hydrogens (tertiary/aromatic N) is 2. The van der Waals surface area contributed by atoms with Crippen molar-refractivity contribution in [1.82, 2.24) is 26.0 Å². The van der Waals surface area contributed by atoms with Gasteiger partial charge in [0.25, 0.3) is 5.91 Å². The molecule has 0 saturated carbocycles. The Morgan fingerprint density at radius 1 is 1.07 bits per heavy atom. The molecular formula is C20H19N5O4. The van der Waals surface area contributed by atoms with Crippen molar-refractivity contribution in [2.75, 3.05) is 6.54 Å². The van der Waals surface area contributed by atoms with Crippen molar-refractivity contribution in [2.45, 2.75) is 12.5 Å². The quantitative estimate of drug-likeness (QED) is 0.451. The second-order valence-electron chi connectivity index (χ2n) is 6.26. The number of hydrogen-bond donors (Lipinski definition) is 4. The maximum atomic E-state index is 12.8. The van der Waals surface area contributed by atoms with Gasteiger partial charge in [-0.25, -0.2) is 0 Å². The van der Waals surface area contributed by atoms with Crippen LogP contribution in [0.2, 0.25) is 0 Å². The Morgan fingerprint density at radius 3 is 2.55 bits per heavy atom. The molecule has 0 spiro atoms. The molecule has 3 rings (SSSR count). The summed E-state index contributed by atoms with van der Waals surface area (Å²) in [5, 5.41) is 24.1. The highest BCUT2D eigenvalue weighted by atomic mass is 16.4. The summed E-state index contributed by atoms with van der Waals surface area (Å²) < 4.78 is 0. The Balaban J connectivity index is 1.77. The first kappa shape index (κ1) is 19.7. The summed E-state index contributed by atoms with van der Waals surface area (Å²) in [6.45, 7) is -0.526. The van der Waals surface area contributed by atoms with E-state index in [0.29, 0.717) is 16.8 Å². The van der Waals surface area contributed by atoms with Crippen molar-refractivity contribution in [3.8, 4) is 11.3 Å². The van der Waals surface area contributed by atoms with Crippen molar-refractivity contribution in [3.05, 3.63) is 71.9 Å². The van der Waals surface area contributed by atoms with Gasteiger partial charge < -0.3 is 15.7 Å². The van der Waals surface area contributed by atoms with Crippen LogP contribution in [0.5, 0.6) is 0 Å². The zero-order valence-corrected chi connectivity index (χ0v) is 15.3. The number of hydrogen-bond acceptors (Lipinski definition) is 5. The van der Waals surface area contributed by atoms with Crippen molar-refractivity contribution in [1.29, 1.82) is 0 Å². The molecule has 3 aromatic rings. The maximum absolute atomic E-state index is 12.8. The second kappa shape index (κ2) is 9.27. The number of carbonyl (C=O) groups is 3. The van der Waals surface area contributed by atoms with E-state index < -0.39 is 30.4 Å². The molecule has 29 heavy (non-hydrogen) atoms. The Labute approximate surface area is 166 Å². The largest absolute Gasteiger partial charge is 0.480 e. The number of rotatable bonds is 8. The standard InChI is InChI=1S/C20H19N5O4/c26-18(27)12-21-20(29)16(9-13-5-2-1-3-6-13)23-19(28)15-8-4-7-14(10-15)17-11-22-25-24-17/h1-8,10-11,16H,9,12H2,(H,21,29)(H,23,28)(H,26,27)(H,22,24,25)/t16-/m0/s1. The number of aromatic amines is 1. The van der Waals surface area contributed by atoms with Crippen LogP contribution in [-0.4, -0.2) is 50.9 Å². The van der Waals surface area contributed by atoms with Gasteiger partial charge in [0.05, 0.1) is 6.20 Å². The van der Waals surface area contributed by atoms with Crippen LogP contribution >= 0.6 is 0 Å². The van der Waals surface area contributed by atoms with Gasteiger partial charge in [0.1, 0.15) is 18.3 Å². The third-order valence-electron chi connectivity index (χ3n) is 4.15. The second-order valence-corrected chi connectivity index (χ2v) is 6.26. The number of amides is 2. The van der Waals surface area contributed by atoms with E-state index in [1.165, 1.54) is 6.20 Å². The molecule has 148 valence electrons. The van der Waals surface area contributed by atoms with E-state index in [1.54, 1.807) is 24.3 Å². The predicted molar refractivity (Wildman–Crippen MR) is 104 cm³/mol. The van der Waals surface area contributed by atoms with Gasteiger partial charge in [-0.2, -0.15) is 15.4 Å². The topological polar surface area (TPSA) is 137 Å². The summed E-state index contributed by atoms with van der Waals surface area (Å²) in [6.07, 6.45) is 1.76. The van der Waals surface area contributed by atoms with Gasteiger partial charge in [-0.05, 0) is 17.7 Å². The number of H-pyrrole nitrogens is 1. The number of nitrogens with one attached hydrogen (secondary N) is 3. The summed E-state index contributed by atoms with van der Waals surface area (Å²) in [6, 6.07) is 15.0. The third kappa shape index (κ3) is 5.48. The molecule has 2 aromatic carbocycles. The molecule has 0 radical (unpaired) electrons. The maximum Gasteiger partial charge on any atom is 0.322 e. The Bertz CT molecular complexity index is 989. The van der Waals surface area contributed by atoms with E-state index in [0.717, 1.165) is 5.56 Å². The molecule has 0 fully saturated rings. The number of carbonyl (C=O) groups excluding carboxylic acids is 2. The van der Waals surface area contributed by atoms with E-state index in [4.69, 9.17) is 5.11 Å². The van der Waals surface area contributed by atoms with E-state index in [9.17, 15) is 14.4 Å². The minimum absolute atomic E-state index is 0.223. The van der Waals surface area contributed by atoms with Crippen molar-refractivity contribution in [2.24, 2.45) is 0 Å². The Morgan fingerprint density at radius 2 is 1.86 bits per heavy atom. The van der Waals surface area contributed by atoms with Crippen molar-refractivity contribution < 1.29 is 19.5 Å². The first-order valence-electron chi connectivity index (χ1n) is 8.83. The lowest BCUT2D eigenvalue weighted by Gasteiger charge is -2.18. The molecule has 0 aliphatic heterocycles. The molecule has 1 heterocycles. The smallest absolute Gasteiger partial charge is 0.322 e. The molecule has 2 amide bonds. The third-order valence-corrected chi connectivity index (χ3v) is 4.15. The highest BCUT2D eigenvalue weighted by Crippen LogP contribution is 2.17. The minimum Gasteiger partial charge on any atom is -0.480 e. The summed E-state index contributed by atoms with van der Waals surface area (Å²) in [5.74, 6) is -2.19. The molecule has 9 heteroatoms. The molecule has 0 bridgehead atoms. The van der Waals surface area contributed by atoms with Crippen LogP contribution in [0.4, 0.5) is 0 Å². The zero-order valence-electron chi connectivity index (χ0n) is 15.3. The first-order valence-corrected chi connectivity index (χ1v) is 8.83. The highest BCUT2D eigenvalue weighted by molar-refractivity contribution is 5.98. The van der Waals surface area contributed by atoms with Gasteiger partial charge in [-0.3, -0.25) is 14.4 Å². The van der Waals surface area contributed by atoms with Crippen LogP contribution in [0, 0.1) is 0 Å². The zero-order chi connectivity index (χ0) is 20.6. The predicted octanol–water partition coefficient (Wildman–Crippen LogP) is 1.01. The fourth-order valence-electron chi connectivity index (χ4n) is 2.75. The summed E-state index contributed by atoms with van der Waals surface area (Å²) in [7, 11) is 0. The lowest BCUT2D eigenvalue weighted by molar-refractivity contribution is -0.138. The first-order chi connectivity index (χ1) is 14.0. The average Bonchev–Trinajstić information content (AvgIpc) is 3.27. The van der Waals surface area contributed by atoms with Crippen LogP contribution in [0.25, 0.3) is 11.3 Å². The average molecular weight is 393 g/mol. The fourth-order valence-corrected chi connectivity index (χ4v) is 2.75. The molecule has 0 aliphatic carbocycles. The van der Waals surface area contributed by atoms with Gasteiger partial charge >= 0.3 is 5.97 Å². The Hall–Kier alpha value is -4.01. The van der Waals surface area contributed by atoms with E-state index in [-0.39, 0.29) is 6.42 Å². The lowest BCUT2D eigenvalue weighted by Crippen LogP contribution is -2.49. The molecule has 1 atom stereocenters. The van der Waals surface area contributed by atoms with E-state index in [2.05, 4.69) is 26.0 Å². The molecule has 0 unspecified atom stereocenters. The number of benzene rings is 2. The van der Waals surface area contributed by atoms with Crippen LogP contribution < -0.4 is 10.6 Å². The molecule has 4 N–H and O–H groups in total. The molecule has 9 nitrogen and oxygen atoms in total. The SMILES string of the molecule is O=C(O)CNC(=O)[C@H](Cc1ccccc1)NC(=O)c1cccc(-c2cn[nH]n2)c1. The van der Waals surface area contributed by atoms with Gasteiger partial charge in [-0.1, -0.05) is 42.5 Å². The number of aliphatic carboxylic acids is 1. The van der Waals surface area contributed by atoms with Crippen LogP contribution in [0.3, 0.4) is 0 Å². The monoisotopic (exact) mass is 393 g/mol. The molecule has 0 saturated heterocycles. The fraction of sp³-hybridized carbons (Fsp3) is 0.150. The number of carboxylic acid groups (broad SMARTS) is 1. The minimum atomic E-state index is -1.16. The van der Waals surface area contributed by atoms with Crippen molar-refractivity contribution >= 4 is 17.8 Å². The van der Waals surface area contributed by atoms with E-state index in [1.807, 2.05) is 30.3 Å². The van der Waals surface area contributed by atoms with E-state index >= 15 is 0 Å². The normalized spacial score (nSPS) is 11.4.